The fourth-order valence-corrected chi connectivity index (χ4v) is 3.74. The standard InChI is InChI=1S/C23H21FN6O2/c24-16-3-1-4-17-19(16)29-22(28-17)20-21(25)26-13-18(27-20)14-5-7-15(8-6-14)23(31)30-9-2-11-32-12-10-30/h1,3-8,13H,2,9-12H2,(H2,25,26)(H,28,29). The summed E-state index contributed by atoms with van der Waals surface area (Å²) >= 11 is 0. The van der Waals surface area contributed by atoms with Gasteiger partial charge in [0.2, 0.25) is 0 Å². The van der Waals surface area contributed by atoms with Crippen LogP contribution in [-0.4, -0.2) is 57.0 Å². The lowest BCUT2D eigenvalue weighted by Gasteiger charge is -2.19. The molecule has 0 unspecified atom stereocenters. The summed E-state index contributed by atoms with van der Waals surface area (Å²) in [6.45, 7) is 2.51. The normalized spacial score (nSPS) is 14.5. The van der Waals surface area contributed by atoms with Gasteiger partial charge in [-0.1, -0.05) is 18.2 Å². The Kier molecular flexibility index (Phi) is 5.24. The number of para-hydroxylation sites is 1. The number of aromatic amines is 1. The molecule has 0 saturated carbocycles. The van der Waals surface area contributed by atoms with Crippen molar-refractivity contribution < 1.29 is 13.9 Å². The van der Waals surface area contributed by atoms with Gasteiger partial charge in [-0.2, -0.15) is 0 Å². The van der Waals surface area contributed by atoms with Crippen molar-refractivity contribution in [3.05, 3.63) is 60.0 Å². The maximum absolute atomic E-state index is 14.0. The molecule has 0 aliphatic carbocycles. The summed E-state index contributed by atoms with van der Waals surface area (Å²) in [5.74, 6) is 0.0786. The predicted molar refractivity (Wildman–Crippen MR) is 118 cm³/mol. The number of nitrogens with two attached hydrogens (primary N) is 1. The summed E-state index contributed by atoms with van der Waals surface area (Å²) in [5.41, 5.74) is 9.08. The van der Waals surface area contributed by atoms with E-state index in [0.29, 0.717) is 54.6 Å². The number of halogens is 1. The highest BCUT2D eigenvalue weighted by atomic mass is 19.1. The molecule has 0 spiro atoms. The summed E-state index contributed by atoms with van der Waals surface area (Å²) in [7, 11) is 0. The van der Waals surface area contributed by atoms with Crippen LogP contribution in [-0.2, 0) is 4.74 Å². The molecule has 32 heavy (non-hydrogen) atoms. The number of amides is 1. The van der Waals surface area contributed by atoms with E-state index >= 15 is 0 Å². The molecule has 5 rings (SSSR count). The Morgan fingerprint density at radius 2 is 1.94 bits per heavy atom. The van der Waals surface area contributed by atoms with Gasteiger partial charge in [-0.3, -0.25) is 4.79 Å². The van der Waals surface area contributed by atoms with Crippen LogP contribution in [0.5, 0.6) is 0 Å². The first kappa shape index (κ1) is 20.1. The van der Waals surface area contributed by atoms with Gasteiger partial charge in [0.1, 0.15) is 11.2 Å². The monoisotopic (exact) mass is 432 g/mol. The number of benzene rings is 2. The molecule has 1 amide bonds. The van der Waals surface area contributed by atoms with Crippen molar-refractivity contribution in [1.82, 2.24) is 24.8 Å². The zero-order valence-electron chi connectivity index (χ0n) is 17.2. The number of hydrogen-bond acceptors (Lipinski definition) is 6. The zero-order valence-corrected chi connectivity index (χ0v) is 17.2. The van der Waals surface area contributed by atoms with E-state index in [1.54, 1.807) is 30.5 Å². The summed E-state index contributed by atoms with van der Waals surface area (Å²) in [5, 5.41) is 0. The summed E-state index contributed by atoms with van der Waals surface area (Å²) in [6, 6.07) is 11.9. The number of hydrogen-bond donors (Lipinski definition) is 2. The molecule has 0 atom stereocenters. The van der Waals surface area contributed by atoms with Gasteiger partial charge in [-0.25, -0.2) is 19.3 Å². The van der Waals surface area contributed by atoms with Crippen LogP contribution >= 0.6 is 0 Å². The van der Waals surface area contributed by atoms with Crippen LogP contribution in [0.4, 0.5) is 10.2 Å². The van der Waals surface area contributed by atoms with Crippen molar-refractivity contribution in [3.8, 4) is 22.8 Å². The van der Waals surface area contributed by atoms with Gasteiger partial charge in [0, 0.05) is 30.8 Å². The van der Waals surface area contributed by atoms with E-state index in [0.717, 1.165) is 12.0 Å². The van der Waals surface area contributed by atoms with E-state index in [9.17, 15) is 9.18 Å². The second kappa shape index (κ2) is 8.35. The molecule has 1 aliphatic heterocycles. The van der Waals surface area contributed by atoms with Crippen molar-refractivity contribution in [2.45, 2.75) is 6.42 Å². The lowest BCUT2D eigenvalue weighted by Crippen LogP contribution is -2.33. The number of nitrogens with one attached hydrogen (secondary N) is 1. The van der Waals surface area contributed by atoms with Crippen molar-refractivity contribution in [2.24, 2.45) is 0 Å². The predicted octanol–water partition coefficient (Wildman–Crippen LogP) is 3.27. The fraction of sp³-hybridized carbons (Fsp3) is 0.217. The van der Waals surface area contributed by atoms with Gasteiger partial charge >= 0.3 is 0 Å². The maximum Gasteiger partial charge on any atom is 0.253 e. The summed E-state index contributed by atoms with van der Waals surface area (Å²) < 4.78 is 19.5. The number of fused-ring (bicyclic) bond motifs is 1. The average molecular weight is 432 g/mol. The van der Waals surface area contributed by atoms with Crippen molar-refractivity contribution in [2.75, 3.05) is 32.0 Å². The van der Waals surface area contributed by atoms with Crippen LogP contribution in [0.1, 0.15) is 16.8 Å². The van der Waals surface area contributed by atoms with Crippen LogP contribution in [0.3, 0.4) is 0 Å². The van der Waals surface area contributed by atoms with Gasteiger partial charge in [0.05, 0.1) is 24.0 Å². The van der Waals surface area contributed by atoms with Crippen LogP contribution in [0, 0.1) is 5.82 Å². The molecule has 9 heteroatoms. The number of imidazole rings is 1. The minimum Gasteiger partial charge on any atom is -0.382 e. The van der Waals surface area contributed by atoms with E-state index in [1.165, 1.54) is 6.07 Å². The second-order valence-electron chi connectivity index (χ2n) is 7.55. The number of ether oxygens (including phenoxy) is 1. The molecule has 1 aliphatic rings. The van der Waals surface area contributed by atoms with Gasteiger partial charge in [0.25, 0.3) is 5.91 Å². The van der Waals surface area contributed by atoms with Gasteiger partial charge in [-0.15, -0.1) is 0 Å². The largest absolute Gasteiger partial charge is 0.382 e. The Hall–Kier alpha value is -3.85. The van der Waals surface area contributed by atoms with Gasteiger partial charge < -0.3 is 20.4 Å². The van der Waals surface area contributed by atoms with E-state index in [1.807, 2.05) is 17.0 Å². The van der Waals surface area contributed by atoms with Crippen molar-refractivity contribution in [1.29, 1.82) is 0 Å². The Bertz CT molecular complexity index is 1280. The molecule has 2 aromatic heterocycles. The first-order chi connectivity index (χ1) is 15.6. The SMILES string of the molecule is Nc1ncc(-c2ccc(C(=O)N3CCCOCC3)cc2)nc1-c1nc2c(F)cccc2[nH]1. The highest BCUT2D eigenvalue weighted by Crippen LogP contribution is 2.27. The topological polar surface area (TPSA) is 110 Å². The summed E-state index contributed by atoms with van der Waals surface area (Å²) in [6.07, 6.45) is 2.39. The quantitative estimate of drug-likeness (QED) is 0.514. The molecule has 162 valence electrons. The Morgan fingerprint density at radius 3 is 2.75 bits per heavy atom. The third-order valence-electron chi connectivity index (χ3n) is 5.43. The first-order valence-electron chi connectivity index (χ1n) is 10.3. The molecular weight excluding hydrogens is 411 g/mol. The number of rotatable bonds is 3. The lowest BCUT2D eigenvalue weighted by molar-refractivity contribution is 0.0741. The summed E-state index contributed by atoms with van der Waals surface area (Å²) in [4.78, 5) is 30.8. The number of H-pyrrole nitrogens is 1. The van der Waals surface area contributed by atoms with E-state index in [-0.39, 0.29) is 17.2 Å². The Morgan fingerprint density at radius 1 is 1.09 bits per heavy atom. The highest BCUT2D eigenvalue weighted by Gasteiger charge is 2.18. The number of anilines is 1. The van der Waals surface area contributed by atoms with Crippen LogP contribution in [0.2, 0.25) is 0 Å². The number of nitrogen functional groups attached to an aromatic ring is 1. The van der Waals surface area contributed by atoms with E-state index in [2.05, 4.69) is 19.9 Å². The third kappa shape index (κ3) is 3.78. The van der Waals surface area contributed by atoms with Crippen molar-refractivity contribution >= 4 is 22.8 Å². The zero-order chi connectivity index (χ0) is 22.1. The maximum atomic E-state index is 14.0. The number of nitrogens with zero attached hydrogens (tertiary/aromatic N) is 4. The van der Waals surface area contributed by atoms with E-state index < -0.39 is 5.82 Å². The lowest BCUT2D eigenvalue weighted by atomic mass is 10.1. The molecule has 8 nitrogen and oxygen atoms in total. The Balaban J connectivity index is 1.44. The molecule has 1 fully saturated rings. The third-order valence-corrected chi connectivity index (χ3v) is 5.43. The number of aromatic nitrogens is 4. The first-order valence-corrected chi connectivity index (χ1v) is 10.3. The van der Waals surface area contributed by atoms with Gasteiger partial charge in [-0.05, 0) is 30.7 Å². The minimum atomic E-state index is -0.427. The molecule has 0 bridgehead atoms. The average Bonchev–Trinajstić information content (AvgIpc) is 3.07. The molecule has 4 aromatic rings. The smallest absolute Gasteiger partial charge is 0.253 e. The molecule has 3 heterocycles. The highest BCUT2D eigenvalue weighted by molar-refractivity contribution is 5.94. The molecule has 3 N–H and O–H groups in total. The number of carbonyl (C=O) groups is 1. The molecule has 1 saturated heterocycles. The number of carbonyl (C=O) groups excluding carboxylic acids is 1. The van der Waals surface area contributed by atoms with Gasteiger partial charge in [0.15, 0.2) is 17.5 Å². The second-order valence-corrected chi connectivity index (χ2v) is 7.55. The minimum absolute atomic E-state index is 0.0181. The molecular formula is C23H21FN6O2. The van der Waals surface area contributed by atoms with Crippen LogP contribution in [0.15, 0.2) is 48.7 Å². The molecule has 0 radical (unpaired) electrons. The van der Waals surface area contributed by atoms with Crippen LogP contribution < -0.4 is 5.73 Å². The van der Waals surface area contributed by atoms with Crippen molar-refractivity contribution in [3.63, 3.8) is 0 Å². The molecule has 2 aromatic carbocycles. The van der Waals surface area contributed by atoms with Crippen LogP contribution in [0.25, 0.3) is 33.8 Å². The fourth-order valence-electron chi connectivity index (χ4n) is 3.74. The van der Waals surface area contributed by atoms with E-state index in [4.69, 9.17) is 10.5 Å². The Labute approximate surface area is 183 Å².